The van der Waals surface area contributed by atoms with Gasteiger partial charge in [-0.25, -0.2) is 26.6 Å². The lowest BCUT2D eigenvalue weighted by Crippen LogP contribution is -2.16. The van der Waals surface area contributed by atoms with Gasteiger partial charge in [-0.3, -0.25) is 0 Å². The van der Waals surface area contributed by atoms with Gasteiger partial charge in [-0.15, -0.1) is 5.10 Å². The zero-order valence-electron chi connectivity index (χ0n) is 11.5. The second kappa shape index (κ2) is 5.76. The van der Waals surface area contributed by atoms with Gasteiger partial charge in [0, 0.05) is 0 Å². The Morgan fingerprint density at radius 2 is 1.74 bits per heavy atom. The molecule has 0 aliphatic carbocycles. The summed E-state index contributed by atoms with van der Waals surface area (Å²) in [5, 5.41) is 3.94. The predicted molar refractivity (Wildman–Crippen MR) is 78.5 cm³/mol. The van der Waals surface area contributed by atoms with Crippen LogP contribution in [0.4, 0.5) is 14.7 Å². The Kier molecular flexibility index (Phi) is 3.78. The van der Waals surface area contributed by atoms with E-state index in [1.165, 1.54) is 11.0 Å². The molecule has 0 fully saturated rings. The topological polar surface area (TPSA) is 76.9 Å². The van der Waals surface area contributed by atoms with Crippen LogP contribution in [-0.4, -0.2) is 23.2 Å². The van der Waals surface area contributed by atoms with E-state index in [1.807, 2.05) is 10.8 Å². The molecule has 0 amide bonds. The lowest BCUT2D eigenvalue weighted by atomic mass is 10.3. The highest BCUT2D eigenvalue weighted by Gasteiger charge is 2.23. The van der Waals surface area contributed by atoms with Crippen LogP contribution < -0.4 is 4.72 Å². The molecule has 0 radical (unpaired) electrons. The maximum atomic E-state index is 13.6. The Hall–Kier alpha value is -2.81. The van der Waals surface area contributed by atoms with E-state index in [4.69, 9.17) is 0 Å². The van der Waals surface area contributed by atoms with Crippen LogP contribution >= 0.6 is 0 Å². The molecular weight excluding hydrogens is 326 g/mol. The van der Waals surface area contributed by atoms with E-state index in [9.17, 15) is 17.2 Å². The lowest BCUT2D eigenvalue weighted by Gasteiger charge is -2.06. The van der Waals surface area contributed by atoms with Gasteiger partial charge in [-0.2, -0.15) is 4.98 Å². The van der Waals surface area contributed by atoms with Crippen molar-refractivity contribution in [1.82, 2.24) is 14.8 Å². The van der Waals surface area contributed by atoms with Crippen molar-refractivity contribution in [2.75, 3.05) is 4.72 Å². The number of sulfonamides is 1. The van der Waals surface area contributed by atoms with Gasteiger partial charge in [0.15, 0.2) is 11.6 Å². The minimum Gasteiger partial charge on any atom is -0.246 e. The van der Waals surface area contributed by atoms with Gasteiger partial charge in [0.1, 0.15) is 11.2 Å². The molecule has 23 heavy (non-hydrogen) atoms. The molecule has 3 aromatic rings. The fraction of sp³-hybridized carbons (Fsp3) is 0. The van der Waals surface area contributed by atoms with Crippen molar-refractivity contribution in [1.29, 1.82) is 0 Å². The number of hydrogen-bond acceptors (Lipinski definition) is 4. The van der Waals surface area contributed by atoms with E-state index in [0.29, 0.717) is 5.69 Å². The average molecular weight is 336 g/mol. The quantitative estimate of drug-likeness (QED) is 0.793. The number of nitrogens with zero attached hydrogens (tertiary/aromatic N) is 3. The minimum absolute atomic E-state index is 0.252. The molecule has 118 valence electrons. The summed E-state index contributed by atoms with van der Waals surface area (Å²) in [6.45, 7) is 0. The Balaban J connectivity index is 1.90. The molecule has 1 N–H and O–H groups in total. The van der Waals surface area contributed by atoms with Gasteiger partial charge < -0.3 is 0 Å². The highest BCUT2D eigenvalue weighted by Crippen LogP contribution is 2.19. The number of aromatic nitrogens is 3. The zero-order chi connectivity index (χ0) is 16.4. The molecule has 1 aromatic heterocycles. The third kappa shape index (κ3) is 3.04. The molecule has 0 saturated heterocycles. The Morgan fingerprint density at radius 1 is 1.00 bits per heavy atom. The van der Waals surface area contributed by atoms with E-state index in [2.05, 4.69) is 10.1 Å². The molecule has 1 heterocycles. The number of para-hydroxylation sites is 1. The summed E-state index contributed by atoms with van der Waals surface area (Å²) in [4.78, 5) is 2.99. The van der Waals surface area contributed by atoms with E-state index >= 15 is 0 Å². The van der Waals surface area contributed by atoms with Gasteiger partial charge >= 0.3 is 0 Å². The molecule has 2 aromatic carbocycles. The second-order valence-corrected chi connectivity index (χ2v) is 6.16. The van der Waals surface area contributed by atoms with E-state index < -0.39 is 26.6 Å². The van der Waals surface area contributed by atoms with Crippen molar-refractivity contribution in [3.63, 3.8) is 0 Å². The highest BCUT2D eigenvalue weighted by atomic mass is 32.2. The van der Waals surface area contributed by atoms with Crippen LogP contribution in [0.1, 0.15) is 0 Å². The average Bonchev–Trinajstić information content (AvgIpc) is 2.98. The van der Waals surface area contributed by atoms with Crippen molar-refractivity contribution in [3.8, 4) is 5.69 Å². The van der Waals surface area contributed by atoms with Gasteiger partial charge in [0.25, 0.3) is 16.0 Å². The number of nitrogens with one attached hydrogen (secondary N) is 1. The first kappa shape index (κ1) is 15.1. The van der Waals surface area contributed by atoms with Crippen LogP contribution in [0.2, 0.25) is 0 Å². The molecule has 0 aliphatic heterocycles. The van der Waals surface area contributed by atoms with Crippen molar-refractivity contribution < 1.29 is 17.2 Å². The maximum Gasteiger partial charge on any atom is 0.267 e. The van der Waals surface area contributed by atoms with Gasteiger partial charge in [-0.1, -0.05) is 24.3 Å². The van der Waals surface area contributed by atoms with E-state index in [-0.39, 0.29) is 5.95 Å². The smallest absolute Gasteiger partial charge is 0.246 e. The summed E-state index contributed by atoms with van der Waals surface area (Å²) in [6.07, 6.45) is 1.30. The number of rotatable bonds is 4. The summed E-state index contributed by atoms with van der Waals surface area (Å²) in [5.41, 5.74) is 0.669. The standard InChI is InChI=1S/C14H10F2N4O2S/c15-11-7-4-8-12(13(11)16)23(21,22)19-14-17-9-20(18-14)10-5-2-1-3-6-10/h1-9H,(H,18,19). The van der Waals surface area contributed by atoms with E-state index in [1.54, 1.807) is 24.3 Å². The molecular formula is C14H10F2N4O2S. The molecule has 3 rings (SSSR count). The second-order valence-electron chi connectivity index (χ2n) is 4.51. The summed E-state index contributed by atoms with van der Waals surface area (Å²) in [6, 6.07) is 11.8. The Bertz CT molecular complexity index is 942. The SMILES string of the molecule is O=S(=O)(Nc1ncn(-c2ccccc2)n1)c1cccc(F)c1F. The fourth-order valence-corrected chi connectivity index (χ4v) is 2.92. The van der Waals surface area contributed by atoms with Crippen molar-refractivity contribution in [2.45, 2.75) is 4.90 Å². The molecule has 0 atom stereocenters. The molecule has 0 aliphatic rings. The van der Waals surface area contributed by atoms with Crippen LogP contribution in [0.3, 0.4) is 0 Å². The Labute approximate surface area is 130 Å². The van der Waals surface area contributed by atoms with Crippen molar-refractivity contribution in [3.05, 3.63) is 66.5 Å². The molecule has 0 spiro atoms. The lowest BCUT2D eigenvalue weighted by molar-refractivity contribution is 0.485. The predicted octanol–water partition coefficient (Wildman–Crippen LogP) is 2.35. The van der Waals surface area contributed by atoms with Crippen LogP contribution in [0, 0.1) is 11.6 Å². The van der Waals surface area contributed by atoms with E-state index in [0.717, 1.165) is 18.2 Å². The van der Waals surface area contributed by atoms with Gasteiger partial charge in [-0.05, 0) is 24.3 Å². The van der Waals surface area contributed by atoms with Crippen LogP contribution in [-0.2, 0) is 10.0 Å². The van der Waals surface area contributed by atoms with Crippen molar-refractivity contribution in [2.24, 2.45) is 0 Å². The normalized spacial score (nSPS) is 11.4. The van der Waals surface area contributed by atoms with Crippen LogP contribution in [0.15, 0.2) is 59.8 Å². The third-order valence-corrected chi connectivity index (χ3v) is 4.29. The third-order valence-electron chi connectivity index (χ3n) is 2.94. The van der Waals surface area contributed by atoms with Crippen LogP contribution in [0.5, 0.6) is 0 Å². The zero-order valence-corrected chi connectivity index (χ0v) is 12.3. The summed E-state index contributed by atoms with van der Waals surface area (Å²) in [5.74, 6) is -2.96. The van der Waals surface area contributed by atoms with Gasteiger partial charge in [0.2, 0.25) is 0 Å². The number of benzene rings is 2. The monoisotopic (exact) mass is 336 g/mol. The molecule has 0 unspecified atom stereocenters. The summed E-state index contributed by atoms with van der Waals surface area (Å²) >= 11 is 0. The van der Waals surface area contributed by atoms with Gasteiger partial charge in [0.05, 0.1) is 5.69 Å². The van der Waals surface area contributed by atoms with Crippen molar-refractivity contribution >= 4 is 16.0 Å². The first-order valence-corrected chi connectivity index (χ1v) is 7.89. The van der Waals surface area contributed by atoms with Crippen LogP contribution in [0.25, 0.3) is 5.69 Å². The molecule has 9 heteroatoms. The Morgan fingerprint density at radius 3 is 2.48 bits per heavy atom. The maximum absolute atomic E-state index is 13.6. The fourth-order valence-electron chi connectivity index (χ4n) is 1.88. The molecule has 0 saturated carbocycles. The number of halogens is 2. The first-order chi connectivity index (χ1) is 11.0. The largest absolute Gasteiger partial charge is 0.267 e. The molecule has 0 bridgehead atoms. The molecule has 6 nitrogen and oxygen atoms in total. The minimum atomic E-state index is -4.34. The first-order valence-electron chi connectivity index (χ1n) is 6.41. The highest BCUT2D eigenvalue weighted by molar-refractivity contribution is 7.92. The summed E-state index contributed by atoms with van der Waals surface area (Å²) in [7, 11) is -4.34. The number of hydrogen-bond donors (Lipinski definition) is 1. The number of anilines is 1. The summed E-state index contributed by atoms with van der Waals surface area (Å²) < 4.78 is 54.4.